The van der Waals surface area contributed by atoms with E-state index in [4.69, 9.17) is 0 Å². The number of carbonyl (C=O) groups excluding carboxylic acids is 2. The second-order valence-electron chi connectivity index (χ2n) is 7.09. The van der Waals surface area contributed by atoms with Crippen molar-refractivity contribution in [2.24, 2.45) is 0 Å². The van der Waals surface area contributed by atoms with Gasteiger partial charge in [0.1, 0.15) is 6.04 Å². The number of quaternary nitrogens is 1. The highest BCUT2D eigenvalue weighted by molar-refractivity contribution is 6.04. The first-order valence-electron chi connectivity index (χ1n) is 9.75. The summed E-state index contributed by atoms with van der Waals surface area (Å²) in [6, 6.07) is 18.0. The second-order valence-corrected chi connectivity index (χ2v) is 7.09. The summed E-state index contributed by atoms with van der Waals surface area (Å²) in [5, 5.41) is 7.95. The van der Waals surface area contributed by atoms with Crippen LogP contribution in [0.2, 0.25) is 0 Å². The second kappa shape index (κ2) is 9.33. The lowest BCUT2D eigenvalue weighted by molar-refractivity contribution is -0.686. The molecule has 0 heterocycles. The summed E-state index contributed by atoms with van der Waals surface area (Å²) in [6.45, 7) is 2.47. The minimum atomic E-state index is -0.120. The maximum absolute atomic E-state index is 12.5. The number of carbonyl (C=O) groups is 2. The van der Waals surface area contributed by atoms with E-state index < -0.39 is 0 Å². The zero-order valence-electron chi connectivity index (χ0n) is 15.8. The fourth-order valence-corrected chi connectivity index (χ4v) is 3.16. The van der Waals surface area contributed by atoms with Gasteiger partial charge in [-0.3, -0.25) is 9.59 Å². The number of anilines is 1. The normalized spacial score (nSPS) is 14.4. The molecule has 0 spiro atoms. The maximum Gasteiger partial charge on any atom is 0.279 e. The third-order valence-corrected chi connectivity index (χ3v) is 4.77. The van der Waals surface area contributed by atoms with Crippen LogP contribution in [0.1, 0.15) is 54.6 Å². The topological polar surface area (TPSA) is 74.8 Å². The molecule has 5 nitrogen and oxygen atoms in total. The Morgan fingerprint density at radius 2 is 1.78 bits per heavy atom. The minimum absolute atomic E-state index is 0.0984. The van der Waals surface area contributed by atoms with Crippen molar-refractivity contribution in [3.05, 3.63) is 65.7 Å². The molecule has 2 aromatic carbocycles. The van der Waals surface area contributed by atoms with Gasteiger partial charge in [-0.2, -0.15) is 0 Å². The smallest absolute Gasteiger partial charge is 0.279 e. The molecule has 0 aromatic heterocycles. The van der Waals surface area contributed by atoms with E-state index in [1.165, 1.54) is 5.56 Å². The van der Waals surface area contributed by atoms with Crippen LogP contribution in [0.5, 0.6) is 0 Å². The lowest BCUT2D eigenvalue weighted by Crippen LogP contribution is -2.87. The van der Waals surface area contributed by atoms with Crippen LogP contribution in [0.3, 0.4) is 0 Å². The van der Waals surface area contributed by atoms with E-state index in [0.717, 1.165) is 25.7 Å². The Morgan fingerprint density at radius 3 is 2.48 bits per heavy atom. The number of benzene rings is 2. The number of amides is 2. The molecule has 2 amide bonds. The van der Waals surface area contributed by atoms with Gasteiger partial charge in [0.05, 0.1) is 11.3 Å². The largest absolute Gasteiger partial charge is 0.349 e. The molecule has 0 bridgehead atoms. The van der Waals surface area contributed by atoms with Crippen LogP contribution in [-0.4, -0.2) is 24.4 Å². The number of hydrogen-bond acceptors (Lipinski definition) is 2. The number of hydrogen-bond donors (Lipinski definition) is 3. The van der Waals surface area contributed by atoms with Crippen molar-refractivity contribution in [1.29, 1.82) is 0 Å². The van der Waals surface area contributed by atoms with Crippen LogP contribution < -0.4 is 16.0 Å². The predicted octanol–water partition coefficient (Wildman–Crippen LogP) is 2.62. The van der Waals surface area contributed by atoms with Gasteiger partial charge in [0.15, 0.2) is 6.54 Å². The third-order valence-electron chi connectivity index (χ3n) is 4.77. The summed E-state index contributed by atoms with van der Waals surface area (Å²) < 4.78 is 0. The fourth-order valence-electron chi connectivity index (χ4n) is 3.16. The molecular formula is C22H28N3O2+. The average molecular weight is 366 g/mol. The quantitative estimate of drug-likeness (QED) is 0.638. The fraction of sp³-hybridized carbons (Fsp3) is 0.364. The molecule has 2 aromatic rings. The standard InChI is InChI=1S/C22H27N3O2/c1-2-8-19(16-9-4-3-5-10-16)23-15-21(26)25-20-12-7-6-11-18(20)22(27)24-17-13-14-17/h3-7,9-12,17,19,23H,2,8,13-15H2,1H3,(H,24,27)(H,25,26)/p+1/t19-/m0/s1. The van der Waals surface area contributed by atoms with E-state index in [1.807, 2.05) is 30.3 Å². The summed E-state index contributed by atoms with van der Waals surface area (Å²) in [7, 11) is 0. The predicted molar refractivity (Wildman–Crippen MR) is 106 cm³/mol. The van der Waals surface area contributed by atoms with Gasteiger partial charge in [0.25, 0.3) is 11.8 Å². The monoisotopic (exact) mass is 366 g/mol. The summed E-state index contributed by atoms with van der Waals surface area (Å²) >= 11 is 0. The van der Waals surface area contributed by atoms with Crippen LogP contribution in [0, 0.1) is 0 Å². The van der Waals surface area contributed by atoms with Crippen LogP contribution in [-0.2, 0) is 4.79 Å². The number of nitrogens with one attached hydrogen (secondary N) is 2. The molecule has 1 atom stereocenters. The Balaban J connectivity index is 1.59. The number of para-hydroxylation sites is 1. The Labute approximate surface area is 160 Å². The lowest BCUT2D eigenvalue weighted by atomic mass is 10.0. The van der Waals surface area contributed by atoms with Gasteiger partial charge in [-0.25, -0.2) is 0 Å². The van der Waals surface area contributed by atoms with Gasteiger partial charge in [-0.15, -0.1) is 0 Å². The molecule has 0 aliphatic heterocycles. The molecule has 1 aliphatic rings. The van der Waals surface area contributed by atoms with Crippen molar-refractivity contribution in [3.63, 3.8) is 0 Å². The highest BCUT2D eigenvalue weighted by Crippen LogP contribution is 2.21. The molecule has 4 N–H and O–H groups in total. The summed E-state index contributed by atoms with van der Waals surface area (Å²) in [4.78, 5) is 24.9. The van der Waals surface area contributed by atoms with E-state index in [-0.39, 0.29) is 23.9 Å². The average Bonchev–Trinajstić information content (AvgIpc) is 3.50. The highest BCUT2D eigenvalue weighted by atomic mass is 16.2. The van der Waals surface area contributed by atoms with Gasteiger partial charge in [-0.1, -0.05) is 55.8 Å². The third kappa shape index (κ3) is 5.66. The Bertz CT molecular complexity index is 772. The van der Waals surface area contributed by atoms with E-state index in [2.05, 4.69) is 35.0 Å². The summed E-state index contributed by atoms with van der Waals surface area (Å²) in [5.74, 6) is -0.218. The Kier molecular flexibility index (Phi) is 6.60. The first kappa shape index (κ1) is 19.1. The van der Waals surface area contributed by atoms with Gasteiger partial charge in [0, 0.05) is 18.0 Å². The molecular weight excluding hydrogens is 338 g/mol. The first-order valence-corrected chi connectivity index (χ1v) is 9.75. The minimum Gasteiger partial charge on any atom is -0.349 e. The molecule has 1 aliphatic carbocycles. The SMILES string of the molecule is CCC[C@H]([NH2+]CC(=O)Nc1ccccc1C(=O)NC1CC1)c1ccccc1. The van der Waals surface area contributed by atoms with Crippen molar-refractivity contribution in [1.82, 2.24) is 5.32 Å². The van der Waals surface area contributed by atoms with E-state index in [1.54, 1.807) is 12.1 Å². The zero-order valence-corrected chi connectivity index (χ0v) is 15.8. The van der Waals surface area contributed by atoms with Gasteiger partial charge in [-0.05, 0) is 25.0 Å². The number of rotatable bonds is 9. The van der Waals surface area contributed by atoms with Crippen molar-refractivity contribution < 1.29 is 14.9 Å². The van der Waals surface area contributed by atoms with E-state index in [9.17, 15) is 9.59 Å². The summed E-state index contributed by atoms with van der Waals surface area (Å²) in [6.07, 6.45) is 4.14. The van der Waals surface area contributed by atoms with E-state index >= 15 is 0 Å². The summed E-state index contributed by atoms with van der Waals surface area (Å²) in [5.41, 5.74) is 2.32. The molecule has 1 saturated carbocycles. The van der Waals surface area contributed by atoms with Crippen molar-refractivity contribution in [2.45, 2.75) is 44.7 Å². The van der Waals surface area contributed by atoms with Crippen LogP contribution in [0.15, 0.2) is 54.6 Å². The molecule has 0 unspecified atom stereocenters. The molecule has 142 valence electrons. The zero-order chi connectivity index (χ0) is 19.1. The van der Waals surface area contributed by atoms with E-state index in [0.29, 0.717) is 17.8 Å². The van der Waals surface area contributed by atoms with Gasteiger partial charge >= 0.3 is 0 Å². The molecule has 0 radical (unpaired) electrons. The number of nitrogens with two attached hydrogens (primary N) is 1. The molecule has 1 fully saturated rings. The van der Waals surface area contributed by atoms with Gasteiger partial charge in [0.2, 0.25) is 0 Å². The first-order chi connectivity index (χ1) is 13.2. The maximum atomic E-state index is 12.5. The Hall–Kier alpha value is -2.66. The lowest BCUT2D eigenvalue weighted by Gasteiger charge is -2.16. The van der Waals surface area contributed by atoms with Crippen LogP contribution in [0.4, 0.5) is 5.69 Å². The molecule has 5 heteroatoms. The van der Waals surface area contributed by atoms with Crippen LogP contribution in [0.25, 0.3) is 0 Å². The molecule has 0 saturated heterocycles. The van der Waals surface area contributed by atoms with Crippen molar-refractivity contribution >= 4 is 17.5 Å². The molecule has 27 heavy (non-hydrogen) atoms. The van der Waals surface area contributed by atoms with Gasteiger partial charge < -0.3 is 16.0 Å². The molecule has 3 rings (SSSR count). The highest BCUT2D eigenvalue weighted by Gasteiger charge is 2.25. The van der Waals surface area contributed by atoms with Crippen molar-refractivity contribution in [3.8, 4) is 0 Å². The van der Waals surface area contributed by atoms with Crippen LogP contribution >= 0.6 is 0 Å². The van der Waals surface area contributed by atoms with Crippen molar-refractivity contribution in [2.75, 3.05) is 11.9 Å². The Morgan fingerprint density at radius 1 is 1.07 bits per heavy atom.